The lowest BCUT2D eigenvalue weighted by atomic mass is 9.88. The van der Waals surface area contributed by atoms with Crippen LogP contribution in [0, 0.1) is 5.92 Å². The fourth-order valence-corrected chi connectivity index (χ4v) is 4.09. The van der Waals surface area contributed by atoms with Crippen LogP contribution in [0.25, 0.3) is 0 Å². The average molecular weight is 453 g/mol. The largest absolute Gasteiger partial charge is 0.470 e. The summed E-state index contributed by atoms with van der Waals surface area (Å²) in [7, 11) is -4.96. The number of aliphatic hydroxyl groups excluding tert-OH is 4. The third-order valence-electron chi connectivity index (χ3n) is 5.07. The first-order valence-corrected chi connectivity index (χ1v) is 10.7. The molecule has 1 aromatic heterocycles. The molecule has 7 atom stereocenters. The van der Waals surface area contributed by atoms with Gasteiger partial charge in [-0.2, -0.15) is 4.98 Å². The van der Waals surface area contributed by atoms with Crippen LogP contribution < -0.4 is 11.4 Å². The number of phosphoric acid groups is 1. The van der Waals surface area contributed by atoms with E-state index in [-0.39, 0.29) is 18.7 Å². The Bertz CT molecular complexity index is 832. The topological polar surface area (TPSA) is 218 Å². The highest BCUT2D eigenvalue weighted by Crippen LogP contribution is 2.43. The molecule has 1 saturated heterocycles. The standard InChI is InChI=1S/C16H28N3O10P/c1-8(6-10(21)16(2,7-20)29-30(25,26)27)5-9-12(22)13(23)14(28-9)19-4-3-11(17)18-15(19)24/h3-4,8-10,12-14,20-23H,5-7H2,1-2H3,(H2,17,18,24)(H2,25,26,27). The van der Waals surface area contributed by atoms with Crippen molar-refractivity contribution >= 4 is 13.6 Å². The number of phosphoric ester groups is 1. The minimum absolute atomic E-state index is 0.00657. The van der Waals surface area contributed by atoms with Crippen molar-refractivity contribution in [2.75, 3.05) is 12.3 Å². The maximum absolute atomic E-state index is 12.0. The van der Waals surface area contributed by atoms with Crippen molar-refractivity contribution in [2.45, 2.75) is 62.9 Å². The molecule has 1 aliphatic rings. The van der Waals surface area contributed by atoms with Crippen LogP contribution in [0.2, 0.25) is 0 Å². The molecule has 2 rings (SSSR count). The number of nitrogen functional groups attached to an aromatic ring is 1. The molecule has 30 heavy (non-hydrogen) atoms. The Kier molecular flexibility index (Phi) is 7.78. The second-order valence-corrected chi connectivity index (χ2v) is 8.90. The van der Waals surface area contributed by atoms with Gasteiger partial charge in [-0.1, -0.05) is 6.92 Å². The van der Waals surface area contributed by atoms with Gasteiger partial charge in [0.25, 0.3) is 0 Å². The molecule has 1 aromatic rings. The molecule has 0 saturated carbocycles. The van der Waals surface area contributed by atoms with E-state index in [0.29, 0.717) is 0 Å². The van der Waals surface area contributed by atoms with Crippen LogP contribution in [0.3, 0.4) is 0 Å². The molecule has 172 valence electrons. The van der Waals surface area contributed by atoms with E-state index in [1.807, 2.05) is 0 Å². The monoisotopic (exact) mass is 453 g/mol. The molecule has 1 fully saturated rings. The minimum Gasteiger partial charge on any atom is -0.393 e. The fraction of sp³-hybridized carbons (Fsp3) is 0.750. The molecule has 1 aliphatic heterocycles. The summed E-state index contributed by atoms with van der Waals surface area (Å²) in [5.74, 6) is -0.397. The Hall–Kier alpha value is -1.41. The Morgan fingerprint density at radius 3 is 2.57 bits per heavy atom. The van der Waals surface area contributed by atoms with Gasteiger partial charge in [0.15, 0.2) is 6.23 Å². The first-order valence-electron chi connectivity index (χ1n) is 9.19. The molecule has 0 bridgehead atoms. The zero-order chi connectivity index (χ0) is 22.9. The quantitative estimate of drug-likeness (QED) is 0.204. The number of rotatable bonds is 9. The third kappa shape index (κ3) is 5.84. The van der Waals surface area contributed by atoms with Crippen LogP contribution in [-0.4, -0.2) is 76.4 Å². The summed E-state index contributed by atoms with van der Waals surface area (Å²) >= 11 is 0. The van der Waals surface area contributed by atoms with Gasteiger partial charge < -0.3 is 40.7 Å². The highest BCUT2D eigenvalue weighted by atomic mass is 31.2. The van der Waals surface area contributed by atoms with E-state index >= 15 is 0 Å². The summed E-state index contributed by atoms with van der Waals surface area (Å²) in [5.41, 5.74) is 2.76. The van der Waals surface area contributed by atoms with Crippen molar-refractivity contribution in [3.63, 3.8) is 0 Å². The van der Waals surface area contributed by atoms with Crippen molar-refractivity contribution in [3.8, 4) is 0 Å². The SMILES string of the molecule is CC(CC1OC(n2ccc(N)nc2=O)C(O)C1O)CC(O)C(C)(CO)OP(=O)(O)O. The van der Waals surface area contributed by atoms with Crippen molar-refractivity contribution in [1.29, 1.82) is 0 Å². The number of nitrogens with zero attached hydrogens (tertiary/aromatic N) is 2. The second kappa shape index (κ2) is 9.39. The number of aliphatic hydroxyl groups is 4. The van der Waals surface area contributed by atoms with Crippen LogP contribution in [0.5, 0.6) is 0 Å². The van der Waals surface area contributed by atoms with Crippen molar-refractivity contribution in [2.24, 2.45) is 5.92 Å². The van der Waals surface area contributed by atoms with Gasteiger partial charge in [0, 0.05) is 6.20 Å². The summed E-state index contributed by atoms with van der Waals surface area (Å²) in [6.45, 7) is 1.98. The van der Waals surface area contributed by atoms with Gasteiger partial charge in [-0.05, 0) is 31.7 Å². The van der Waals surface area contributed by atoms with E-state index in [4.69, 9.17) is 20.3 Å². The van der Waals surface area contributed by atoms with E-state index in [1.165, 1.54) is 12.3 Å². The highest BCUT2D eigenvalue weighted by molar-refractivity contribution is 7.46. The molecule has 7 unspecified atom stereocenters. The third-order valence-corrected chi connectivity index (χ3v) is 5.72. The van der Waals surface area contributed by atoms with Gasteiger partial charge in [0.1, 0.15) is 23.6 Å². The molecule has 13 nitrogen and oxygen atoms in total. The lowest BCUT2D eigenvalue weighted by Gasteiger charge is -2.34. The summed E-state index contributed by atoms with van der Waals surface area (Å²) in [6.07, 6.45) is -4.96. The van der Waals surface area contributed by atoms with E-state index in [2.05, 4.69) is 9.51 Å². The fourth-order valence-electron chi connectivity index (χ4n) is 3.36. The molecular formula is C16H28N3O10P. The van der Waals surface area contributed by atoms with Crippen molar-refractivity contribution in [3.05, 3.63) is 22.7 Å². The van der Waals surface area contributed by atoms with Crippen LogP contribution in [0.4, 0.5) is 5.82 Å². The molecule has 14 heteroatoms. The lowest BCUT2D eigenvalue weighted by molar-refractivity contribution is -0.0969. The molecule has 0 aliphatic carbocycles. The number of nitrogens with two attached hydrogens (primary N) is 1. The predicted octanol–water partition coefficient (Wildman–Crippen LogP) is -1.92. The van der Waals surface area contributed by atoms with Crippen LogP contribution in [0.1, 0.15) is 32.9 Å². The van der Waals surface area contributed by atoms with E-state index in [9.17, 15) is 29.8 Å². The Morgan fingerprint density at radius 1 is 1.40 bits per heavy atom. The van der Waals surface area contributed by atoms with Crippen LogP contribution >= 0.6 is 7.82 Å². The summed E-state index contributed by atoms with van der Waals surface area (Å²) < 4.78 is 22.3. The van der Waals surface area contributed by atoms with E-state index in [0.717, 1.165) is 11.5 Å². The van der Waals surface area contributed by atoms with Crippen LogP contribution in [0.15, 0.2) is 17.1 Å². The molecule has 0 amide bonds. The smallest absolute Gasteiger partial charge is 0.393 e. The zero-order valence-corrected chi connectivity index (χ0v) is 17.4. The van der Waals surface area contributed by atoms with Crippen LogP contribution in [-0.2, 0) is 13.8 Å². The van der Waals surface area contributed by atoms with Gasteiger partial charge in [-0.3, -0.25) is 9.09 Å². The van der Waals surface area contributed by atoms with Gasteiger partial charge >= 0.3 is 13.5 Å². The van der Waals surface area contributed by atoms with Crippen molar-refractivity contribution < 1.29 is 44.0 Å². The first-order chi connectivity index (χ1) is 13.8. The number of hydrogen-bond acceptors (Lipinski definition) is 10. The molecule has 2 heterocycles. The zero-order valence-electron chi connectivity index (χ0n) is 16.5. The average Bonchev–Trinajstić information content (AvgIpc) is 2.88. The maximum Gasteiger partial charge on any atom is 0.470 e. The Balaban J connectivity index is 2.05. The molecular weight excluding hydrogens is 425 g/mol. The van der Waals surface area contributed by atoms with E-state index < -0.39 is 62.3 Å². The molecule has 8 N–H and O–H groups in total. The highest BCUT2D eigenvalue weighted by Gasteiger charge is 2.45. The number of anilines is 1. The number of aromatic nitrogens is 2. The maximum atomic E-state index is 12.0. The normalized spacial score (nSPS) is 28.8. The minimum atomic E-state index is -4.96. The lowest BCUT2D eigenvalue weighted by Crippen LogP contribution is -2.45. The second-order valence-electron chi connectivity index (χ2n) is 7.73. The molecule has 0 radical (unpaired) electrons. The Labute approximate surface area is 171 Å². The number of ether oxygens (including phenoxy) is 1. The Morgan fingerprint density at radius 2 is 2.03 bits per heavy atom. The van der Waals surface area contributed by atoms with Gasteiger partial charge in [-0.25, -0.2) is 9.36 Å². The van der Waals surface area contributed by atoms with Gasteiger partial charge in [0.05, 0.1) is 18.8 Å². The predicted molar refractivity (Wildman–Crippen MR) is 102 cm³/mol. The van der Waals surface area contributed by atoms with Crippen molar-refractivity contribution in [1.82, 2.24) is 9.55 Å². The summed E-state index contributed by atoms with van der Waals surface area (Å²) in [5, 5.41) is 40.4. The molecule has 0 aromatic carbocycles. The first kappa shape index (κ1) is 24.9. The molecule has 0 spiro atoms. The van der Waals surface area contributed by atoms with E-state index in [1.54, 1.807) is 6.92 Å². The summed E-state index contributed by atoms with van der Waals surface area (Å²) in [6, 6.07) is 1.34. The summed E-state index contributed by atoms with van der Waals surface area (Å²) in [4.78, 5) is 33.5. The number of hydrogen-bond donors (Lipinski definition) is 7. The van der Waals surface area contributed by atoms with Gasteiger partial charge in [0.2, 0.25) is 0 Å². The van der Waals surface area contributed by atoms with Gasteiger partial charge in [-0.15, -0.1) is 0 Å².